The van der Waals surface area contributed by atoms with Gasteiger partial charge in [-0.25, -0.2) is 4.98 Å². The number of aromatic nitrogens is 1. The molecule has 0 saturated carbocycles. The van der Waals surface area contributed by atoms with Gasteiger partial charge in [0.2, 0.25) is 5.89 Å². The van der Waals surface area contributed by atoms with Crippen LogP contribution in [-0.4, -0.2) is 48.5 Å². The quantitative estimate of drug-likeness (QED) is 0.362. The lowest BCUT2D eigenvalue weighted by atomic mass is 10.1. The van der Waals surface area contributed by atoms with Crippen LogP contribution in [0.4, 0.5) is 5.69 Å². The van der Waals surface area contributed by atoms with Crippen LogP contribution in [0.3, 0.4) is 0 Å². The van der Waals surface area contributed by atoms with Gasteiger partial charge in [-0.2, -0.15) is 0 Å². The van der Waals surface area contributed by atoms with E-state index in [1.54, 1.807) is 0 Å². The number of piperazine rings is 1. The van der Waals surface area contributed by atoms with Crippen molar-refractivity contribution in [1.82, 2.24) is 15.2 Å². The summed E-state index contributed by atoms with van der Waals surface area (Å²) in [6, 6.07) is 26.4. The molecule has 0 radical (unpaired) electrons. The molecule has 1 amide bonds. The zero-order chi connectivity index (χ0) is 25.6. The molecule has 0 aliphatic carbocycles. The Balaban J connectivity index is 1.14. The van der Waals surface area contributed by atoms with Crippen molar-refractivity contribution in [3.8, 4) is 11.5 Å². The topological polar surface area (TPSA) is 61.6 Å². The van der Waals surface area contributed by atoms with E-state index in [1.165, 1.54) is 16.8 Å². The number of carbonyl (C=O) groups is 1. The molecule has 0 unspecified atom stereocenters. The van der Waals surface area contributed by atoms with Crippen molar-refractivity contribution in [2.24, 2.45) is 0 Å². The van der Waals surface area contributed by atoms with E-state index in [0.29, 0.717) is 18.0 Å². The van der Waals surface area contributed by atoms with Crippen LogP contribution in [-0.2, 0) is 13.0 Å². The Morgan fingerprint density at radius 1 is 0.919 bits per heavy atom. The number of nitrogens with one attached hydrogen (secondary N) is 1. The molecule has 1 aliphatic rings. The minimum Gasteiger partial charge on any atom is -0.441 e. The number of rotatable bonds is 8. The number of hydrogen-bond acceptors (Lipinski definition) is 5. The number of para-hydroxylation sites is 1. The summed E-state index contributed by atoms with van der Waals surface area (Å²) in [5.74, 6) is 1.37. The third-order valence-corrected chi connectivity index (χ3v) is 6.94. The first-order valence-corrected chi connectivity index (χ1v) is 13.0. The average molecular weight is 495 g/mol. The fourth-order valence-electron chi connectivity index (χ4n) is 4.77. The van der Waals surface area contributed by atoms with Crippen LogP contribution in [0.5, 0.6) is 0 Å². The molecular formula is C31H34N4O2. The minimum atomic E-state index is -0.0712. The first-order valence-electron chi connectivity index (χ1n) is 13.0. The number of anilines is 1. The molecule has 1 saturated heterocycles. The third kappa shape index (κ3) is 6.27. The Kier molecular flexibility index (Phi) is 7.66. The highest BCUT2D eigenvalue weighted by Gasteiger charge is 2.20. The largest absolute Gasteiger partial charge is 0.441 e. The van der Waals surface area contributed by atoms with Crippen molar-refractivity contribution >= 4 is 11.6 Å². The van der Waals surface area contributed by atoms with E-state index in [2.05, 4.69) is 70.6 Å². The van der Waals surface area contributed by atoms with Crippen molar-refractivity contribution < 1.29 is 9.21 Å². The zero-order valence-electron chi connectivity index (χ0n) is 21.6. The van der Waals surface area contributed by atoms with Gasteiger partial charge in [-0.1, -0.05) is 48.0 Å². The van der Waals surface area contributed by atoms with Crippen molar-refractivity contribution in [1.29, 1.82) is 0 Å². The summed E-state index contributed by atoms with van der Waals surface area (Å²) < 4.78 is 6.01. The molecule has 3 aromatic carbocycles. The predicted octanol–water partition coefficient (Wildman–Crippen LogP) is 5.25. The molecule has 0 spiro atoms. The zero-order valence-corrected chi connectivity index (χ0v) is 21.6. The average Bonchev–Trinajstić information content (AvgIpc) is 3.29. The number of carbonyl (C=O) groups excluding carboxylic acids is 1. The molecule has 6 heteroatoms. The Labute approximate surface area is 218 Å². The lowest BCUT2D eigenvalue weighted by molar-refractivity contribution is 0.0954. The second-order valence-electron chi connectivity index (χ2n) is 9.69. The normalized spacial score (nSPS) is 14.1. The van der Waals surface area contributed by atoms with Crippen LogP contribution in [0.2, 0.25) is 0 Å². The predicted molar refractivity (Wildman–Crippen MR) is 148 cm³/mol. The maximum atomic E-state index is 12.6. The molecule has 0 bridgehead atoms. The molecule has 1 fully saturated rings. The van der Waals surface area contributed by atoms with Crippen LogP contribution in [0.15, 0.2) is 83.3 Å². The highest BCUT2D eigenvalue weighted by molar-refractivity contribution is 5.94. The summed E-state index contributed by atoms with van der Waals surface area (Å²) in [6.07, 6.45) is 0.811. The third-order valence-electron chi connectivity index (χ3n) is 6.94. The number of aryl methyl sites for hydroxylation is 2. The summed E-state index contributed by atoms with van der Waals surface area (Å²) in [6.45, 7) is 9.42. The maximum absolute atomic E-state index is 12.6. The van der Waals surface area contributed by atoms with Crippen LogP contribution < -0.4 is 10.2 Å². The van der Waals surface area contributed by atoms with Crippen LogP contribution in [0.25, 0.3) is 11.5 Å². The van der Waals surface area contributed by atoms with E-state index in [1.807, 2.05) is 37.3 Å². The van der Waals surface area contributed by atoms with E-state index < -0.39 is 0 Å². The molecule has 0 atom stereocenters. The van der Waals surface area contributed by atoms with Gasteiger partial charge in [-0.05, 0) is 62.2 Å². The number of amides is 1. The molecular weight excluding hydrogens is 460 g/mol. The van der Waals surface area contributed by atoms with Gasteiger partial charge in [0, 0.05) is 56.1 Å². The Morgan fingerprint density at radius 2 is 1.68 bits per heavy atom. The van der Waals surface area contributed by atoms with Gasteiger partial charge >= 0.3 is 0 Å². The van der Waals surface area contributed by atoms with Crippen LogP contribution in [0.1, 0.15) is 32.9 Å². The van der Waals surface area contributed by atoms with Gasteiger partial charge in [-0.3, -0.25) is 9.69 Å². The van der Waals surface area contributed by atoms with Crippen molar-refractivity contribution in [2.75, 3.05) is 37.6 Å². The molecule has 190 valence electrons. The van der Waals surface area contributed by atoms with Crippen molar-refractivity contribution in [2.45, 2.75) is 26.8 Å². The number of benzene rings is 3. The summed E-state index contributed by atoms with van der Waals surface area (Å²) in [4.78, 5) is 22.2. The van der Waals surface area contributed by atoms with Gasteiger partial charge in [0.05, 0.1) is 5.69 Å². The summed E-state index contributed by atoms with van der Waals surface area (Å²) in [5, 5.41) is 3.01. The smallest absolute Gasteiger partial charge is 0.251 e. The number of oxazole rings is 1. The van der Waals surface area contributed by atoms with E-state index >= 15 is 0 Å². The fraction of sp³-hybridized carbons (Fsp3) is 0.290. The summed E-state index contributed by atoms with van der Waals surface area (Å²) >= 11 is 0. The first kappa shape index (κ1) is 24.8. The van der Waals surface area contributed by atoms with Crippen LogP contribution in [0, 0.1) is 13.8 Å². The van der Waals surface area contributed by atoms with Crippen molar-refractivity contribution in [3.63, 3.8) is 0 Å². The molecule has 1 aromatic heterocycles. The molecule has 1 aliphatic heterocycles. The second kappa shape index (κ2) is 11.4. The fourth-order valence-corrected chi connectivity index (χ4v) is 4.77. The molecule has 5 rings (SSSR count). The van der Waals surface area contributed by atoms with Gasteiger partial charge in [0.25, 0.3) is 5.91 Å². The molecule has 1 N–H and O–H groups in total. The van der Waals surface area contributed by atoms with Gasteiger partial charge in [-0.15, -0.1) is 0 Å². The highest BCUT2D eigenvalue weighted by Crippen LogP contribution is 2.24. The maximum Gasteiger partial charge on any atom is 0.251 e. The SMILES string of the molecule is Cc1cccc(CCNC(=O)c2ccc(-c3nc(CN4CCN(c5ccccc5)CC4)c(C)o3)cc2)c1. The Hall–Kier alpha value is -3.90. The molecule has 2 heterocycles. The van der Waals surface area contributed by atoms with E-state index in [9.17, 15) is 4.79 Å². The van der Waals surface area contributed by atoms with Gasteiger partial charge in [0.1, 0.15) is 5.76 Å². The summed E-state index contributed by atoms with van der Waals surface area (Å²) in [5.41, 5.74) is 6.22. The monoisotopic (exact) mass is 494 g/mol. The first-order chi connectivity index (χ1) is 18.0. The molecule has 6 nitrogen and oxygen atoms in total. The standard InChI is InChI=1S/C31H34N4O2/c1-23-7-6-8-25(21-23)15-16-32-30(36)26-11-13-27(14-12-26)31-33-29(24(2)37-31)22-34-17-19-35(20-18-34)28-9-4-3-5-10-28/h3-14,21H,15-20,22H2,1-2H3,(H,32,36). The number of hydrogen-bond donors (Lipinski definition) is 1. The lowest BCUT2D eigenvalue weighted by Gasteiger charge is -2.35. The lowest BCUT2D eigenvalue weighted by Crippen LogP contribution is -2.46. The Bertz CT molecular complexity index is 1320. The van der Waals surface area contributed by atoms with Crippen molar-refractivity contribution in [3.05, 3.63) is 107 Å². The second-order valence-corrected chi connectivity index (χ2v) is 9.69. The number of nitrogens with zero attached hydrogens (tertiary/aromatic N) is 3. The molecule has 37 heavy (non-hydrogen) atoms. The van der Waals surface area contributed by atoms with E-state index in [4.69, 9.17) is 9.40 Å². The van der Waals surface area contributed by atoms with Gasteiger partial charge in [0.15, 0.2) is 0 Å². The highest BCUT2D eigenvalue weighted by atomic mass is 16.4. The van der Waals surface area contributed by atoms with Crippen LogP contribution >= 0.6 is 0 Å². The molecule has 4 aromatic rings. The van der Waals surface area contributed by atoms with Gasteiger partial charge < -0.3 is 14.6 Å². The van der Waals surface area contributed by atoms with E-state index in [-0.39, 0.29) is 5.91 Å². The summed E-state index contributed by atoms with van der Waals surface area (Å²) in [7, 11) is 0. The Morgan fingerprint density at radius 3 is 2.41 bits per heavy atom. The minimum absolute atomic E-state index is 0.0712. The van der Waals surface area contributed by atoms with E-state index in [0.717, 1.165) is 56.2 Å².